The first kappa shape index (κ1) is 14.3. The third-order valence-electron chi connectivity index (χ3n) is 3.08. The lowest BCUT2D eigenvalue weighted by atomic mass is 9.93. The zero-order valence-electron chi connectivity index (χ0n) is 11.3. The molecule has 0 spiro atoms. The van der Waals surface area contributed by atoms with Crippen LogP contribution >= 0.6 is 0 Å². The molecular formula is C15H18N2O3. The number of benzene rings is 1. The Balaban J connectivity index is 2.00. The first-order valence-corrected chi connectivity index (χ1v) is 6.58. The number of rotatable bonds is 6. The summed E-state index contributed by atoms with van der Waals surface area (Å²) in [6.45, 7) is 2.19. The number of carbonyl (C=O) groups is 1. The van der Waals surface area contributed by atoms with Crippen molar-refractivity contribution in [2.45, 2.75) is 25.4 Å². The summed E-state index contributed by atoms with van der Waals surface area (Å²) >= 11 is 0. The molecule has 20 heavy (non-hydrogen) atoms. The summed E-state index contributed by atoms with van der Waals surface area (Å²) in [7, 11) is 0. The number of aliphatic hydroxyl groups excluding tert-OH is 1. The molecular weight excluding hydrogens is 256 g/mol. The average molecular weight is 274 g/mol. The molecule has 0 unspecified atom stereocenters. The van der Waals surface area contributed by atoms with Crippen molar-refractivity contribution in [3.8, 4) is 0 Å². The summed E-state index contributed by atoms with van der Waals surface area (Å²) in [6.07, 6.45) is 1.52. The minimum atomic E-state index is -0.427. The van der Waals surface area contributed by atoms with Gasteiger partial charge in [-0.25, -0.2) is 0 Å². The van der Waals surface area contributed by atoms with Gasteiger partial charge in [0.05, 0.1) is 6.10 Å². The Morgan fingerprint density at radius 2 is 2.10 bits per heavy atom. The molecule has 0 aliphatic rings. The number of aromatic nitrogens is 1. The maximum absolute atomic E-state index is 11.8. The van der Waals surface area contributed by atoms with Crippen molar-refractivity contribution in [2.75, 3.05) is 6.54 Å². The van der Waals surface area contributed by atoms with Crippen LogP contribution in [0, 0.1) is 0 Å². The van der Waals surface area contributed by atoms with Crippen LogP contribution in [0.15, 0.2) is 47.2 Å². The van der Waals surface area contributed by atoms with Crippen LogP contribution in [0.2, 0.25) is 0 Å². The smallest absolute Gasteiger partial charge is 0.273 e. The lowest BCUT2D eigenvalue weighted by molar-refractivity contribution is 0.0936. The molecule has 1 aromatic heterocycles. The molecule has 2 aromatic rings. The first-order chi connectivity index (χ1) is 9.66. The van der Waals surface area contributed by atoms with Gasteiger partial charge in [-0.15, -0.1) is 0 Å². The second-order valence-electron chi connectivity index (χ2n) is 4.79. The second kappa shape index (κ2) is 6.86. The Kier molecular flexibility index (Phi) is 4.90. The van der Waals surface area contributed by atoms with Crippen molar-refractivity contribution in [3.63, 3.8) is 0 Å². The predicted octanol–water partition coefficient (Wildman–Crippen LogP) is 1.96. The Hall–Kier alpha value is -2.14. The van der Waals surface area contributed by atoms with E-state index in [1.54, 1.807) is 6.92 Å². The predicted molar refractivity (Wildman–Crippen MR) is 74.3 cm³/mol. The summed E-state index contributed by atoms with van der Waals surface area (Å²) < 4.78 is 4.64. The van der Waals surface area contributed by atoms with Crippen molar-refractivity contribution >= 4 is 5.91 Å². The molecule has 0 fully saturated rings. The fourth-order valence-electron chi connectivity index (χ4n) is 2.11. The molecule has 0 bridgehead atoms. The van der Waals surface area contributed by atoms with Gasteiger partial charge in [0.2, 0.25) is 0 Å². The van der Waals surface area contributed by atoms with Gasteiger partial charge < -0.3 is 14.9 Å². The SMILES string of the molecule is C[C@H](O)C[C@@H](CNC(=O)c1ccon1)c1ccccc1. The van der Waals surface area contributed by atoms with Gasteiger partial charge in [-0.2, -0.15) is 0 Å². The van der Waals surface area contributed by atoms with E-state index in [4.69, 9.17) is 0 Å². The monoisotopic (exact) mass is 274 g/mol. The van der Waals surface area contributed by atoms with Gasteiger partial charge in [0.15, 0.2) is 5.69 Å². The fraction of sp³-hybridized carbons (Fsp3) is 0.333. The Labute approximate surface area is 117 Å². The van der Waals surface area contributed by atoms with E-state index in [1.165, 1.54) is 12.3 Å². The molecule has 2 rings (SSSR count). The molecule has 0 aliphatic heterocycles. The maximum Gasteiger partial charge on any atom is 0.273 e. The quantitative estimate of drug-likeness (QED) is 0.844. The molecule has 0 saturated carbocycles. The fourth-order valence-corrected chi connectivity index (χ4v) is 2.11. The number of amides is 1. The highest BCUT2D eigenvalue weighted by Gasteiger charge is 2.16. The molecule has 0 aliphatic carbocycles. The number of hydrogen-bond acceptors (Lipinski definition) is 4. The molecule has 5 nitrogen and oxygen atoms in total. The second-order valence-corrected chi connectivity index (χ2v) is 4.79. The van der Waals surface area contributed by atoms with E-state index in [-0.39, 0.29) is 17.5 Å². The molecule has 106 valence electrons. The third-order valence-corrected chi connectivity index (χ3v) is 3.08. The van der Waals surface area contributed by atoms with E-state index in [0.29, 0.717) is 13.0 Å². The minimum Gasteiger partial charge on any atom is -0.393 e. The number of carbonyl (C=O) groups excluding carboxylic acids is 1. The zero-order chi connectivity index (χ0) is 14.4. The van der Waals surface area contributed by atoms with Gasteiger partial charge in [0, 0.05) is 18.5 Å². The molecule has 1 aromatic carbocycles. The summed E-state index contributed by atoms with van der Waals surface area (Å²) in [5.41, 5.74) is 1.35. The van der Waals surface area contributed by atoms with Crippen LogP contribution in [0.25, 0.3) is 0 Å². The molecule has 1 amide bonds. The van der Waals surface area contributed by atoms with Crippen LogP contribution in [0.1, 0.15) is 35.3 Å². The Bertz CT molecular complexity index is 523. The Morgan fingerprint density at radius 3 is 2.70 bits per heavy atom. The van der Waals surface area contributed by atoms with E-state index in [0.717, 1.165) is 5.56 Å². The highest BCUT2D eigenvalue weighted by Crippen LogP contribution is 2.20. The van der Waals surface area contributed by atoms with Crippen LogP contribution in [-0.4, -0.2) is 28.8 Å². The molecule has 5 heteroatoms. The summed E-state index contributed by atoms with van der Waals surface area (Å²) in [6, 6.07) is 11.3. The van der Waals surface area contributed by atoms with Gasteiger partial charge in [-0.1, -0.05) is 35.5 Å². The first-order valence-electron chi connectivity index (χ1n) is 6.58. The van der Waals surface area contributed by atoms with Crippen molar-refractivity contribution in [1.29, 1.82) is 0 Å². The van der Waals surface area contributed by atoms with E-state index in [1.807, 2.05) is 30.3 Å². The molecule has 0 saturated heterocycles. The summed E-state index contributed by atoms with van der Waals surface area (Å²) in [5.74, 6) is -0.211. The van der Waals surface area contributed by atoms with Gasteiger partial charge in [0.25, 0.3) is 5.91 Å². The average Bonchev–Trinajstić information content (AvgIpc) is 2.98. The van der Waals surface area contributed by atoms with Crippen LogP contribution in [0.4, 0.5) is 0 Å². The summed E-state index contributed by atoms with van der Waals surface area (Å²) in [4.78, 5) is 11.8. The summed E-state index contributed by atoms with van der Waals surface area (Å²) in [5, 5.41) is 16.0. The zero-order valence-corrected chi connectivity index (χ0v) is 11.3. The molecule has 1 heterocycles. The van der Waals surface area contributed by atoms with Crippen LogP contribution in [0.3, 0.4) is 0 Å². The Morgan fingerprint density at radius 1 is 1.35 bits per heavy atom. The van der Waals surface area contributed by atoms with Crippen molar-refractivity contribution in [1.82, 2.24) is 10.5 Å². The largest absolute Gasteiger partial charge is 0.393 e. The van der Waals surface area contributed by atoms with Gasteiger partial charge in [0.1, 0.15) is 6.26 Å². The van der Waals surface area contributed by atoms with Crippen LogP contribution in [0.5, 0.6) is 0 Å². The minimum absolute atomic E-state index is 0.0621. The number of nitrogens with one attached hydrogen (secondary N) is 1. The van der Waals surface area contributed by atoms with Crippen LogP contribution < -0.4 is 5.32 Å². The van der Waals surface area contributed by atoms with Crippen LogP contribution in [-0.2, 0) is 0 Å². The lowest BCUT2D eigenvalue weighted by Gasteiger charge is -2.19. The van der Waals surface area contributed by atoms with E-state index in [2.05, 4.69) is 15.0 Å². The highest BCUT2D eigenvalue weighted by molar-refractivity contribution is 5.91. The number of nitrogens with zero attached hydrogens (tertiary/aromatic N) is 1. The molecule has 0 radical (unpaired) electrons. The van der Waals surface area contributed by atoms with Gasteiger partial charge in [-0.05, 0) is 18.9 Å². The van der Waals surface area contributed by atoms with Crippen molar-refractivity contribution in [3.05, 3.63) is 53.9 Å². The lowest BCUT2D eigenvalue weighted by Crippen LogP contribution is -2.29. The van der Waals surface area contributed by atoms with E-state index < -0.39 is 6.10 Å². The van der Waals surface area contributed by atoms with E-state index in [9.17, 15) is 9.90 Å². The normalized spacial score (nSPS) is 13.7. The number of aliphatic hydroxyl groups is 1. The number of hydrogen-bond donors (Lipinski definition) is 2. The third kappa shape index (κ3) is 3.93. The van der Waals surface area contributed by atoms with E-state index >= 15 is 0 Å². The van der Waals surface area contributed by atoms with Gasteiger partial charge >= 0.3 is 0 Å². The maximum atomic E-state index is 11.8. The standard InChI is InChI=1S/C15H18N2O3/c1-11(18)9-13(12-5-3-2-4-6-12)10-16-15(19)14-7-8-20-17-14/h2-8,11,13,18H,9-10H2,1H3,(H,16,19)/t11-,13-/m0/s1. The van der Waals surface area contributed by atoms with Crippen molar-refractivity contribution in [2.24, 2.45) is 0 Å². The topological polar surface area (TPSA) is 75.4 Å². The van der Waals surface area contributed by atoms with Gasteiger partial charge in [-0.3, -0.25) is 4.79 Å². The molecule has 2 atom stereocenters. The highest BCUT2D eigenvalue weighted by atomic mass is 16.5. The van der Waals surface area contributed by atoms with Crippen molar-refractivity contribution < 1.29 is 14.4 Å². The molecule has 2 N–H and O–H groups in total.